The topological polar surface area (TPSA) is 40.9 Å². The summed E-state index contributed by atoms with van der Waals surface area (Å²) in [6, 6.07) is 7.80. The summed E-state index contributed by atoms with van der Waals surface area (Å²) in [6.45, 7) is 2.00. The van der Waals surface area contributed by atoms with Gasteiger partial charge in [0.25, 0.3) is 0 Å². The predicted octanol–water partition coefficient (Wildman–Crippen LogP) is 2.75. The molecule has 0 aromatic heterocycles. The molecule has 0 spiro atoms. The third-order valence-electron chi connectivity index (χ3n) is 1.64. The van der Waals surface area contributed by atoms with Crippen LogP contribution in [0.25, 0.3) is 6.08 Å². The van der Waals surface area contributed by atoms with E-state index >= 15 is 0 Å². The number of carbonyl (C=O) groups is 1. The third kappa shape index (κ3) is 3.46. The fraction of sp³-hybridized carbons (Fsp3) is 0.0909. The van der Waals surface area contributed by atoms with E-state index in [2.05, 4.69) is 0 Å². The van der Waals surface area contributed by atoms with Crippen molar-refractivity contribution in [2.75, 3.05) is 0 Å². The Morgan fingerprint density at radius 3 is 2.64 bits per heavy atom. The van der Waals surface area contributed by atoms with Gasteiger partial charge in [-0.05, 0) is 18.6 Å². The normalized spacial score (nSPS) is 10.0. The summed E-state index contributed by atoms with van der Waals surface area (Å²) in [4.78, 5) is 10.9. The zero-order chi connectivity index (χ0) is 10.4. The molecule has 0 aliphatic heterocycles. The molecule has 0 fully saturated rings. The van der Waals surface area contributed by atoms with Crippen LogP contribution in [-0.4, -0.2) is 5.12 Å². The molecule has 3 heteroatoms. The molecule has 0 unspecified atom stereocenters. The molecule has 0 aliphatic rings. The van der Waals surface area contributed by atoms with Gasteiger partial charge in [0, 0.05) is 11.8 Å². The van der Waals surface area contributed by atoms with E-state index in [9.17, 15) is 4.79 Å². The summed E-state index contributed by atoms with van der Waals surface area (Å²) in [6.07, 6.45) is 3.10. The lowest BCUT2D eigenvalue weighted by Crippen LogP contribution is -1.81. The highest BCUT2D eigenvalue weighted by molar-refractivity contribution is 8.17. The smallest absolute Gasteiger partial charge is 0.226 e. The van der Waals surface area contributed by atoms with Gasteiger partial charge in [-0.1, -0.05) is 35.9 Å². The van der Waals surface area contributed by atoms with E-state index in [0.717, 1.165) is 5.56 Å². The summed E-state index contributed by atoms with van der Waals surface area (Å²) in [5.74, 6) is 0. The lowest BCUT2D eigenvalue weighted by atomic mass is 10.1. The highest BCUT2D eigenvalue weighted by Crippen LogP contribution is 2.07. The van der Waals surface area contributed by atoms with Crippen LogP contribution in [-0.2, 0) is 4.79 Å². The Morgan fingerprint density at radius 2 is 2.07 bits per heavy atom. The number of nitrogens with zero attached hydrogens (tertiary/aromatic N) is 1. The fourth-order valence-electron chi connectivity index (χ4n) is 0.921. The largest absolute Gasteiger partial charge is 0.281 e. The highest BCUT2D eigenvalue weighted by Gasteiger charge is 1.94. The second-order valence-corrected chi connectivity index (χ2v) is 3.55. The average Bonchev–Trinajstić information content (AvgIpc) is 2.17. The SMILES string of the molecule is Cc1ccc(/C=C/C(=O)SC#N)cc1. The standard InChI is InChI=1S/C11H9NOS/c1-9-2-4-10(5-3-9)6-7-11(13)14-8-12/h2-7H,1H3/b7-6+. The lowest BCUT2D eigenvalue weighted by Gasteiger charge is -1.93. The van der Waals surface area contributed by atoms with Crippen molar-refractivity contribution in [3.8, 4) is 5.40 Å². The van der Waals surface area contributed by atoms with Crippen LogP contribution in [0.15, 0.2) is 30.3 Å². The van der Waals surface area contributed by atoms with Crippen LogP contribution in [0.1, 0.15) is 11.1 Å². The minimum Gasteiger partial charge on any atom is -0.281 e. The molecule has 70 valence electrons. The Bertz CT molecular complexity index is 387. The van der Waals surface area contributed by atoms with Gasteiger partial charge in [-0.2, -0.15) is 5.26 Å². The Hall–Kier alpha value is -1.53. The first-order valence-corrected chi connectivity index (χ1v) is 4.88. The Balaban J connectivity index is 2.65. The summed E-state index contributed by atoms with van der Waals surface area (Å²) in [7, 11) is 0. The van der Waals surface area contributed by atoms with E-state index in [1.807, 2.05) is 31.2 Å². The highest BCUT2D eigenvalue weighted by atomic mass is 32.2. The summed E-state index contributed by atoms with van der Waals surface area (Å²) in [5, 5.41) is 9.71. The average molecular weight is 203 g/mol. The van der Waals surface area contributed by atoms with Crippen molar-refractivity contribution in [3.05, 3.63) is 41.5 Å². The molecule has 0 amide bonds. The van der Waals surface area contributed by atoms with Crippen molar-refractivity contribution < 1.29 is 4.79 Å². The molecule has 1 aromatic carbocycles. The van der Waals surface area contributed by atoms with Crippen LogP contribution < -0.4 is 0 Å². The van der Waals surface area contributed by atoms with Crippen LogP contribution in [0.3, 0.4) is 0 Å². The van der Waals surface area contributed by atoms with Gasteiger partial charge in [0.1, 0.15) is 5.40 Å². The van der Waals surface area contributed by atoms with Crippen molar-refractivity contribution in [1.82, 2.24) is 0 Å². The van der Waals surface area contributed by atoms with Gasteiger partial charge in [0.15, 0.2) is 0 Å². The van der Waals surface area contributed by atoms with Gasteiger partial charge < -0.3 is 0 Å². The van der Waals surface area contributed by atoms with Gasteiger partial charge in [-0.3, -0.25) is 4.79 Å². The van der Waals surface area contributed by atoms with Crippen LogP contribution in [0, 0.1) is 17.6 Å². The molecular weight excluding hydrogens is 194 g/mol. The number of nitriles is 1. The van der Waals surface area contributed by atoms with Crippen molar-refractivity contribution in [2.45, 2.75) is 6.92 Å². The molecular formula is C11H9NOS. The number of rotatable bonds is 2. The number of thioether (sulfide) groups is 1. The number of benzene rings is 1. The van der Waals surface area contributed by atoms with Gasteiger partial charge in [0.05, 0.1) is 0 Å². The molecule has 0 heterocycles. The second kappa shape index (κ2) is 5.25. The van der Waals surface area contributed by atoms with Crippen molar-refractivity contribution in [3.63, 3.8) is 0 Å². The minimum atomic E-state index is -0.243. The number of thiocyanates is 1. The third-order valence-corrected chi connectivity index (χ3v) is 2.06. The molecule has 2 nitrogen and oxygen atoms in total. The lowest BCUT2D eigenvalue weighted by molar-refractivity contribution is -0.106. The maximum atomic E-state index is 10.9. The summed E-state index contributed by atoms with van der Waals surface area (Å²) in [5.41, 5.74) is 2.14. The van der Waals surface area contributed by atoms with E-state index in [0.29, 0.717) is 11.8 Å². The molecule has 0 saturated carbocycles. The Morgan fingerprint density at radius 1 is 1.43 bits per heavy atom. The van der Waals surface area contributed by atoms with Gasteiger partial charge in [-0.15, -0.1) is 0 Å². The second-order valence-electron chi connectivity index (χ2n) is 2.76. The first kappa shape index (κ1) is 10.6. The van der Waals surface area contributed by atoms with Crippen molar-refractivity contribution in [1.29, 1.82) is 5.26 Å². The monoisotopic (exact) mass is 203 g/mol. The molecule has 0 bridgehead atoms. The first-order chi connectivity index (χ1) is 6.72. The van der Waals surface area contributed by atoms with Gasteiger partial charge >= 0.3 is 0 Å². The summed E-state index contributed by atoms with van der Waals surface area (Å²) >= 11 is 0.634. The number of hydrogen-bond donors (Lipinski definition) is 0. The molecule has 1 rings (SSSR count). The molecule has 0 radical (unpaired) electrons. The Kier molecular flexibility index (Phi) is 3.96. The van der Waals surface area contributed by atoms with Crippen LogP contribution in [0.4, 0.5) is 0 Å². The van der Waals surface area contributed by atoms with Crippen LogP contribution in [0.2, 0.25) is 0 Å². The van der Waals surface area contributed by atoms with Gasteiger partial charge in [0.2, 0.25) is 5.12 Å². The maximum absolute atomic E-state index is 10.9. The van der Waals surface area contributed by atoms with E-state index in [1.54, 1.807) is 11.5 Å². The molecule has 0 atom stereocenters. The van der Waals surface area contributed by atoms with E-state index < -0.39 is 0 Å². The molecule has 0 saturated heterocycles. The fourth-order valence-corrected chi connectivity index (χ4v) is 1.15. The number of carbonyl (C=O) groups excluding carboxylic acids is 1. The van der Waals surface area contributed by atoms with Crippen molar-refractivity contribution >= 4 is 23.0 Å². The molecule has 0 aliphatic carbocycles. The van der Waals surface area contributed by atoms with Crippen LogP contribution >= 0.6 is 11.8 Å². The molecule has 0 N–H and O–H groups in total. The van der Waals surface area contributed by atoms with E-state index in [1.165, 1.54) is 11.6 Å². The zero-order valence-electron chi connectivity index (χ0n) is 7.73. The van der Waals surface area contributed by atoms with E-state index in [4.69, 9.17) is 5.26 Å². The predicted molar refractivity (Wildman–Crippen MR) is 58.4 cm³/mol. The zero-order valence-corrected chi connectivity index (χ0v) is 8.54. The van der Waals surface area contributed by atoms with Gasteiger partial charge in [-0.25, -0.2) is 0 Å². The molecule has 1 aromatic rings. The van der Waals surface area contributed by atoms with E-state index in [-0.39, 0.29) is 5.12 Å². The number of aryl methyl sites for hydroxylation is 1. The minimum absolute atomic E-state index is 0.243. The quantitative estimate of drug-likeness (QED) is 0.548. The summed E-state index contributed by atoms with van der Waals surface area (Å²) < 4.78 is 0. The first-order valence-electron chi connectivity index (χ1n) is 4.07. The molecule has 14 heavy (non-hydrogen) atoms. The number of hydrogen-bond acceptors (Lipinski definition) is 3. The van der Waals surface area contributed by atoms with Crippen molar-refractivity contribution in [2.24, 2.45) is 0 Å². The Labute approximate surface area is 87.2 Å². The maximum Gasteiger partial charge on any atom is 0.226 e. The van der Waals surface area contributed by atoms with Crippen LogP contribution in [0.5, 0.6) is 0 Å².